The van der Waals surface area contributed by atoms with E-state index in [1.54, 1.807) is 59.4 Å². The molecule has 0 aliphatic carbocycles. The Morgan fingerprint density at radius 2 is 1.92 bits per heavy atom. The van der Waals surface area contributed by atoms with Crippen LogP contribution >= 0.6 is 0 Å². The van der Waals surface area contributed by atoms with E-state index in [9.17, 15) is 9.59 Å². The highest BCUT2D eigenvalue weighted by Crippen LogP contribution is 2.28. The fourth-order valence-electron chi connectivity index (χ4n) is 4.22. The lowest BCUT2D eigenvalue weighted by Gasteiger charge is -2.35. The van der Waals surface area contributed by atoms with Gasteiger partial charge in [-0.15, -0.1) is 0 Å². The average Bonchev–Trinajstić information content (AvgIpc) is 3.48. The lowest BCUT2D eigenvalue weighted by Crippen LogP contribution is -2.52. The highest BCUT2D eigenvalue weighted by Gasteiger charge is 2.30. The Kier molecular flexibility index (Phi) is 6.14. The summed E-state index contributed by atoms with van der Waals surface area (Å²) in [5.74, 6) is -0.696. The largest absolute Gasteiger partial charge is 0.444 e. The maximum Gasteiger partial charge on any atom is 0.410 e. The van der Waals surface area contributed by atoms with Gasteiger partial charge in [0.15, 0.2) is 0 Å². The van der Waals surface area contributed by atoms with Crippen molar-refractivity contribution in [3.05, 3.63) is 60.4 Å². The average molecular weight is 506 g/mol. The number of halogens is 1. The summed E-state index contributed by atoms with van der Waals surface area (Å²) in [4.78, 5) is 32.7. The van der Waals surface area contributed by atoms with Gasteiger partial charge in [-0.3, -0.25) is 14.4 Å². The first-order valence-corrected chi connectivity index (χ1v) is 12.0. The van der Waals surface area contributed by atoms with Gasteiger partial charge in [-0.25, -0.2) is 18.7 Å². The first kappa shape index (κ1) is 24.4. The van der Waals surface area contributed by atoms with Crippen molar-refractivity contribution in [3.8, 4) is 22.5 Å². The molecule has 4 aromatic rings. The molecule has 192 valence electrons. The molecule has 0 atom stereocenters. The number of carbonyl (C=O) groups is 2. The molecule has 1 fully saturated rings. The van der Waals surface area contributed by atoms with Gasteiger partial charge in [-0.2, -0.15) is 10.2 Å². The molecule has 3 aromatic heterocycles. The van der Waals surface area contributed by atoms with Crippen molar-refractivity contribution in [1.29, 1.82) is 0 Å². The zero-order valence-electron chi connectivity index (χ0n) is 21.2. The molecule has 0 bridgehead atoms. The van der Waals surface area contributed by atoms with E-state index in [4.69, 9.17) is 9.72 Å². The number of ether oxygens (including phenoxy) is 1. The van der Waals surface area contributed by atoms with Crippen molar-refractivity contribution in [2.75, 3.05) is 19.6 Å². The second kappa shape index (κ2) is 9.30. The number of amides is 2. The molecule has 5 rings (SSSR count). The number of benzene rings is 1. The summed E-state index contributed by atoms with van der Waals surface area (Å²) in [6.07, 6.45) is 6.52. The number of hydrogen-bond donors (Lipinski definition) is 0. The van der Waals surface area contributed by atoms with Crippen LogP contribution in [0.2, 0.25) is 0 Å². The molecule has 0 spiro atoms. The van der Waals surface area contributed by atoms with Crippen LogP contribution in [0, 0.1) is 5.82 Å². The minimum absolute atomic E-state index is 0.0983. The number of hydrogen-bond acceptors (Lipinski definition) is 6. The summed E-state index contributed by atoms with van der Waals surface area (Å²) in [5.41, 5.74) is 3.16. The summed E-state index contributed by atoms with van der Waals surface area (Å²) < 4.78 is 24.0. The Labute approximate surface area is 213 Å². The maximum atomic E-state index is 15.3. The third kappa shape index (κ3) is 5.16. The summed E-state index contributed by atoms with van der Waals surface area (Å²) in [6, 6.07) is 6.72. The van der Waals surface area contributed by atoms with Crippen LogP contribution in [0.4, 0.5) is 9.18 Å². The molecule has 37 heavy (non-hydrogen) atoms. The Morgan fingerprint density at radius 3 is 2.59 bits per heavy atom. The van der Waals surface area contributed by atoms with E-state index in [-0.39, 0.29) is 19.0 Å². The molecular formula is C26H28FN7O3. The minimum Gasteiger partial charge on any atom is -0.444 e. The minimum atomic E-state index is -0.642. The van der Waals surface area contributed by atoms with Gasteiger partial charge >= 0.3 is 6.09 Å². The van der Waals surface area contributed by atoms with Gasteiger partial charge in [0.25, 0.3) is 0 Å². The Bertz CT molecular complexity index is 1490. The van der Waals surface area contributed by atoms with Crippen LogP contribution in [0.3, 0.4) is 0 Å². The molecule has 10 nitrogen and oxygen atoms in total. The SMILES string of the molecule is Cn1cc(-c2cn3nccc3c(-c3ccc(CN4CCN(C(=O)OC(C)(C)C)CC4=O)c(F)c3)n2)cn1. The van der Waals surface area contributed by atoms with Crippen molar-refractivity contribution in [3.63, 3.8) is 0 Å². The maximum absolute atomic E-state index is 15.3. The van der Waals surface area contributed by atoms with Crippen LogP contribution in [0.1, 0.15) is 26.3 Å². The van der Waals surface area contributed by atoms with E-state index >= 15 is 4.39 Å². The Balaban J connectivity index is 1.35. The number of rotatable bonds is 4. The fourth-order valence-corrected chi connectivity index (χ4v) is 4.22. The van der Waals surface area contributed by atoms with Gasteiger partial charge in [0.2, 0.25) is 5.91 Å². The summed E-state index contributed by atoms with van der Waals surface area (Å²) in [5, 5.41) is 8.54. The quantitative estimate of drug-likeness (QED) is 0.421. The highest BCUT2D eigenvalue weighted by atomic mass is 19.1. The fraction of sp³-hybridized carbons (Fsp3) is 0.346. The van der Waals surface area contributed by atoms with Crippen molar-refractivity contribution in [2.24, 2.45) is 7.05 Å². The predicted octanol–water partition coefficient (Wildman–Crippen LogP) is 3.52. The third-order valence-corrected chi connectivity index (χ3v) is 6.05. The number of carbonyl (C=O) groups excluding carboxylic acids is 2. The van der Waals surface area contributed by atoms with Crippen LogP contribution in [-0.4, -0.2) is 71.4 Å². The number of aryl methyl sites for hydroxylation is 1. The molecule has 4 heterocycles. The summed E-state index contributed by atoms with van der Waals surface area (Å²) in [7, 11) is 1.83. The first-order valence-electron chi connectivity index (χ1n) is 12.0. The van der Waals surface area contributed by atoms with Crippen LogP contribution in [-0.2, 0) is 23.1 Å². The molecule has 1 saturated heterocycles. The zero-order chi connectivity index (χ0) is 26.3. The van der Waals surface area contributed by atoms with Crippen LogP contribution in [0.5, 0.6) is 0 Å². The number of piperazine rings is 1. The molecule has 0 radical (unpaired) electrons. The van der Waals surface area contributed by atoms with Crippen molar-refractivity contribution >= 4 is 17.5 Å². The molecule has 1 aliphatic heterocycles. The second-order valence-electron chi connectivity index (χ2n) is 10.1. The Morgan fingerprint density at radius 1 is 1.11 bits per heavy atom. The molecule has 0 N–H and O–H groups in total. The zero-order valence-corrected chi connectivity index (χ0v) is 21.2. The topological polar surface area (TPSA) is 97.9 Å². The van der Waals surface area contributed by atoms with Crippen molar-refractivity contribution in [2.45, 2.75) is 32.9 Å². The molecule has 0 unspecified atom stereocenters. The molecule has 11 heteroatoms. The van der Waals surface area contributed by atoms with Gasteiger partial charge < -0.3 is 9.64 Å². The van der Waals surface area contributed by atoms with E-state index in [1.165, 1.54) is 11.0 Å². The normalized spacial score (nSPS) is 14.5. The lowest BCUT2D eigenvalue weighted by atomic mass is 10.1. The number of aromatic nitrogens is 5. The lowest BCUT2D eigenvalue weighted by molar-refractivity contribution is -0.136. The van der Waals surface area contributed by atoms with Gasteiger partial charge in [-0.05, 0) is 32.9 Å². The molecule has 0 saturated carbocycles. The van der Waals surface area contributed by atoms with E-state index in [2.05, 4.69) is 10.2 Å². The van der Waals surface area contributed by atoms with Crippen LogP contribution in [0.15, 0.2) is 49.1 Å². The number of fused-ring (bicyclic) bond motifs is 1. The van der Waals surface area contributed by atoms with E-state index in [1.807, 2.05) is 25.5 Å². The van der Waals surface area contributed by atoms with Crippen molar-refractivity contribution in [1.82, 2.24) is 34.2 Å². The van der Waals surface area contributed by atoms with E-state index < -0.39 is 17.5 Å². The Hall–Kier alpha value is -4.28. The first-order chi connectivity index (χ1) is 17.6. The van der Waals surface area contributed by atoms with E-state index in [0.717, 1.165) is 11.1 Å². The monoisotopic (exact) mass is 505 g/mol. The van der Waals surface area contributed by atoms with Gasteiger partial charge in [0, 0.05) is 49.6 Å². The van der Waals surface area contributed by atoms with Gasteiger partial charge in [0.1, 0.15) is 18.0 Å². The smallest absolute Gasteiger partial charge is 0.410 e. The van der Waals surface area contributed by atoms with Gasteiger partial charge in [-0.1, -0.05) is 12.1 Å². The van der Waals surface area contributed by atoms with Crippen LogP contribution < -0.4 is 0 Å². The molecule has 1 aromatic carbocycles. The summed E-state index contributed by atoms with van der Waals surface area (Å²) in [6.45, 7) is 5.96. The summed E-state index contributed by atoms with van der Waals surface area (Å²) >= 11 is 0. The van der Waals surface area contributed by atoms with Crippen molar-refractivity contribution < 1.29 is 18.7 Å². The molecular weight excluding hydrogens is 477 g/mol. The van der Waals surface area contributed by atoms with E-state index in [0.29, 0.717) is 35.6 Å². The molecule has 1 aliphatic rings. The highest BCUT2D eigenvalue weighted by molar-refractivity contribution is 5.84. The number of nitrogens with zero attached hydrogens (tertiary/aromatic N) is 7. The molecule has 2 amide bonds. The standard InChI is InChI=1S/C26H28FN7O3/c1-26(2,3)37-25(36)33-10-9-32(23(35)16-33)14-18-6-5-17(11-20(18)27)24-22-7-8-28-34(22)15-21(30-24)19-12-29-31(4)13-19/h5-8,11-13,15H,9-10,14,16H2,1-4H3. The second-order valence-corrected chi connectivity index (χ2v) is 10.1. The third-order valence-electron chi connectivity index (χ3n) is 6.05. The predicted molar refractivity (Wildman–Crippen MR) is 134 cm³/mol. The van der Waals surface area contributed by atoms with Gasteiger partial charge in [0.05, 0.1) is 35.5 Å². The van der Waals surface area contributed by atoms with Crippen LogP contribution in [0.25, 0.3) is 28.0 Å².